The van der Waals surface area contributed by atoms with Crippen LogP contribution in [-0.2, 0) is 9.47 Å². The smallest absolute Gasteiger partial charge is 0.125 e. The Morgan fingerprint density at radius 3 is 3.37 bits per heavy atom. The minimum absolute atomic E-state index is 0.118. The van der Waals surface area contributed by atoms with Crippen molar-refractivity contribution in [2.24, 2.45) is 5.92 Å². The Bertz CT molecular complexity index is 391. The maximum absolute atomic E-state index is 6.01. The summed E-state index contributed by atoms with van der Waals surface area (Å²) in [5, 5.41) is 6.76. The quantitative estimate of drug-likeness (QED) is 0.848. The van der Waals surface area contributed by atoms with Crippen LogP contribution < -0.4 is 10.6 Å². The Labute approximate surface area is 113 Å². The van der Waals surface area contributed by atoms with Gasteiger partial charge in [0.15, 0.2) is 0 Å². The number of rotatable bonds is 3. The zero-order valence-electron chi connectivity index (χ0n) is 11.1. The fraction of sp³-hybridized carbons (Fsp3) is 0.643. The van der Waals surface area contributed by atoms with Gasteiger partial charge in [-0.15, -0.1) is 0 Å². The molecule has 1 aromatic heterocycles. The Morgan fingerprint density at radius 1 is 1.47 bits per heavy atom. The first-order valence-electron chi connectivity index (χ1n) is 6.94. The van der Waals surface area contributed by atoms with Crippen LogP contribution in [0.4, 0.5) is 5.82 Å². The molecule has 0 radical (unpaired) electrons. The zero-order valence-corrected chi connectivity index (χ0v) is 11.1. The molecule has 1 aromatic rings. The van der Waals surface area contributed by atoms with Crippen LogP contribution >= 0.6 is 0 Å². The summed E-state index contributed by atoms with van der Waals surface area (Å²) >= 11 is 0. The van der Waals surface area contributed by atoms with E-state index in [4.69, 9.17) is 9.47 Å². The third kappa shape index (κ3) is 3.23. The van der Waals surface area contributed by atoms with Gasteiger partial charge in [-0.1, -0.05) is 6.07 Å². The van der Waals surface area contributed by atoms with Gasteiger partial charge in [-0.2, -0.15) is 0 Å². The molecule has 2 aliphatic rings. The molecule has 5 nitrogen and oxygen atoms in total. The van der Waals surface area contributed by atoms with E-state index >= 15 is 0 Å². The Balaban J connectivity index is 1.51. The fourth-order valence-electron chi connectivity index (χ4n) is 2.78. The molecule has 104 valence electrons. The zero-order chi connectivity index (χ0) is 13.0. The minimum Gasteiger partial charge on any atom is -0.377 e. The molecule has 3 heterocycles. The first-order chi connectivity index (χ1) is 9.36. The molecule has 2 atom stereocenters. The summed E-state index contributed by atoms with van der Waals surface area (Å²) in [6, 6.07) is 5.90. The average Bonchev–Trinajstić information content (AvgIpc) is 2.70. The van der Waals surface area contributed by atoms with Crippen LogP contribution in [0.1, 0.15) is 6.42 Å². The lowest BCUT2D eigenvalue weighted by molar-refractivity contribution is -0.0471. The van der Waals surface area contributed by atoms with E-state index in [1.54, 1.807) is 6.20 Å². The van der Waals surface area contributed by atoms with Crippen molar-refractivity contribution in [3.63, 3.8) is 0 Å². The minimum atomic E-state index is -0.118. The van der Waals surface area contributed by atoms with Gasteiger partial charge < -0.3 is 20.1 Å². The molecule has 5 heteroatoms. The molecule has 2 aliphatic heterocycles. The van der Waals surface area contributed by atoms with Crippen LogP contribution in [0.25, 0.3) is 0 Å². The molecule has 2 fully saturated rings. The number of pyridine rings is 1. The molecule has 0 unspecified atom stereocenters. The van der Waals surface area contributed by atoms with Gasteiger partial charge in [0, 0.05) is 31.7 Å². The number of hydrogen-bond acceptors (Lipinski definition) is 5. The van der Waals surface area contributed by atoms with Crippen LogP contribution in [0.15, 0.2) is 24.4 Å². The summed E-state index contributed by atoms with van der Waals surface area (Å²) in [5.74, 6) is 1.45. The van der Waals surface area contributed by atoms with E-state index in [0.717, 1.165) is 45.1 Å². The van der Waals surface area contributed by atoms with E-state index in [-0.39, 0.29) is 5.60 Å². The van der Waals surface area contributed by atoms with Crippen molar-refractivity contribution in [1.29, 1.82) is 0 Å². The van der Waals surface area contributed by atoms with Gasteiger partial charge in [-0.05, 0) is 18.6 Å². The predicted molar refractivity (Wildman–Crippen MR) is 73.2 cm³/mol. The molecule has 19 heavy (non-hydrogen) atoms. The van der Waals surface area contributed by atoms with E-state index in [1.807, 2.05) is 18.2 Å². The molecule has 2 saturated heterocycles. The lowest BCUT2D eigenvalue weighted by Crippen LogP contribution is -2.42. The van der Waals surface area contributed by atoms with Gasteiger partial charge >= 0.3 is 0 Å². The number of aromatic nitrogens is 1. The molecule has 0 aliphatic carbocycles. The second kappa shape index (κ2) is 5.86. The summed E-state index contributed by atoms with van der Waals surface area (Å²) in [6.45, 7) is 5.00. The Morgan fingerprint density at radius 2 is 2.47 bits per heavy atom. The normalized spacial score (nSPS) is 31.3. The summed E-state index contributed by atoms with van der Waals surface area (Å²) in [6.07, 6.45) is 2.85. The highest BCUT2D eigenvalue weighted by Crippen LogP contribution is 2.31. The first-order valence-corrected chi connectivity index (χ1v) is 6.94. The summed E-state index contributed by atoms with van der Waals surface area (Å²) in [5.41, 5.74) is -0.118. The number of anilines is 1. The fourth-order valence-corrected chi connectivity index (χ4v) is 2.78. The van der Waals surface area contributed by atoms with Crippen molar-refractivity contribution in [3.8, 4) is 0 Å². The number of ether oxygens (including phenoxy) is 2. The summed E-state index contributed by atoms with van der Waals surface area (Å²) in [7, 11) is 0. The van der Waals surface area contributed by atoms with E-state index in [2.05, 4.69) is 15.6 Å². The highest BCUT2D eigenvalue weighted by atomic mass is 16.5. The molecule has 2 N–H and O–H groups in total. The lowest BCUT2D eigenvalue weighted by atomic mass is 9.94. The topological polar surface area (TPSA) is 55.4 Å². The molecule has 0 bridgehead atoms. The molecule has 0 aromatic carbocycles. The molecule has 3 rings (SSSR count). The highest BCUT2D eigenvalue weighted by Gasteiger charge is 2.41. The highest BCUT2D eigenvalue weighted by molar-refractivity contribution is 5.33. The van der Waals surface area contributed by atoms with Crippen molar-refractivity contribution in [1.82, 2.24) is 10.3 Å². The van der Waals surface area contributed by atoms with Crippen LogP contribution in [0.2, 0.25) is 0 Å². The Kier molecular flexibility index (Phi) is 3.96. The van der Waals surface area contributed by atoms with Crippen molar-refractivity contribution >= 4 is 5.82 Å². The summed E-state index contributed by atoms with van der Waals surface area (Å²) < 4.78 is 11.6. The van der Waals surface area contributed by atoms with Crippen LogP contribution in [0.5, 0.6) is 0 Å². The maximum Gasteiger partial charge on any atom is 0.125 e. The van der Waals surface area contributed by atoms with E-state index < -0.39 is 0 Å². The number of nitrogens with zero attached hydrogens (tertiary/aromatic N) is 1. The summed E-state index contributed by atoms with van der Waals surface area (Å²) in [4.78, 5) is 4.27. The molecule has 0 saturated carbocycles. The van der Waals surface area contributed by atoms with Gasteiger partial charge in [0.1, 0.15) is 11.4 Å². The monoisotopic (exact) mass is 263 g/mol. The number of nitrogens with one attached hydrogen (secondary N) is 2. The number of hydrogen-bond donors (Lipinski definition) is 2. The second-order valence-corrected chi connectivity index (χ2v) is 5.39. The van der Waals surface area contributed by atoms with Gasteiger partial charge in [0.2, 0.25) is 0 Å². The van der Waals surface area contributed by atoms with Gasteiger partial charge in [0.25, 0.3) is 0 Å². The van der Waals surface area contributed by atoms with Gasteiger partial charge in [-0.25, -0.2) is 4.98 Å². The molecule has 1 spiro atoms. The van der Waals surface area contributed by atoms with E-state index in [9.17, 15) is 0 Å². The third-order valence-corrected chi connectivity index (χ3v) is 3.76. The van der Waals surface area contributed by atoms with Crippen molar-refractivity contribution in [2.75, 3.05) is 44.8 Å². The molecule has 0 amide bonds. The maximum atomic E-state index is 6.01. The first kappa shape index (κ1) is 12.8. The van der Waals surface area contributed by atoms with Crippen LogP contribution in [-0.4, -0.2) is 50.0 Å². The van der Waals surface area contributed by atoms with Crippen LogP contribution in [0, 0.1) is 5.92 Å². The average molecular weight is 263 g/mol. The second-order valence-electron chi connectivity index (χ2n) is 5.39. The van der Waals surface area contributed by atoms with Crippen molar-refractivity contribution in [3.05, 3.63) is 24.4 Å². The van der Waals surface area contributed by atoms with Crippen molar-refractivity contribution < 1.29 is 9.47 Å². The SMILES string of the molecule is c1ccc(NC[C@@H]2CO[C@@]3(CNCCOC3)C2)nc1. The van der Waals surface area contributed by atoms with E-state index in [0.29, 0.717) is 12.5 Å². The lowest BCUT2D eigenvalue weighted by Gasteiger charge is -2.25. The van der Waals surface area contributed by atoms with Gasteiger partial charge in [-0.3, -0.25) is 0 Å². The van der Waals surface area contributed by atoms with Crippen LogP contribution in [0.3, 0.4) is 0 Å². The molecular formula is C14H21N3O2. The Hall–Kier alpha value is -1.17. The molecular weight excluding hydrogens is 242 g/mol. The predicted octanol–water partition coefficient (Wildman–Crippen LogP) is 0.889. The van der Waals surface area contributed by atoms with Crippen molar-refractivity contribution in [2.45, 2.75) is 12.0 Å². The largest absolute Gasteiger partial charge is 0.377 e. The third-order valence-electron chi connectivity index (χ3n) is 3.76. The van der Waals surface area contributed by atoms with Gasteiger partial charge in [0.05, 0.1) is 19.8 Å². The standard InChI is InChI=1S/C14H21N3O2/c1-2-4-16-13(3-1)17-8-12-7-14(19-9-12)10-15-5-6-18-11-14/h1-4,12,15H,5-11H2,(H,16,17)/t12-,14-/m1/s1. The van der Waals surface area contributed by atoms with E-state index in [1.165, 1.54) is 0 Å².